The number of terminal acetylenes is 1. The number of rotatable bonds is 6. The number of nitrogens with zero attached hydrogens (tertiary/aromatic N) is 2. The molecule has 1 aliphatic rings. The van der Waals surface area contributed by atoms with Crippen molar-refractivity contribution >= 4 is 11.9 Å². The van der Waals surface area contributed by atoms with Gasteiger partial charge in [-0.05, 0) is 12.3 Å². The fourth-order valence-corrected chi connectivity index (χ4v) is 2.23. The number of urea groups is 1. The van der Waals surface area contributed by atoms with E-state index < -0.39 is 12.1 Å². The summed E-state index contributed by atoms with van der Waals surface area (Å²) in [6.07, 6.45) is 5.79. The van der Waals surface area contributed by atoms with Gasteiger partial charge in [-0.25, -0.2) is 4.79 Å². The molecule has 7 heteroatoms. The fraction of sp³-hybridized carbons (Fsp3) is 0.688. The molecule has 0 radical (unpaired) electrons. The van der Waals surface area contributed by atoms with Gasteiger partial charge in [-0.15, -0.1) is 12.3 Å². The van der Waals surface area contributed by atoms with Crippen molar-refractivity contribution in [3.05, 3.63) is 0 Å². The number of amides is 3. The Morgan fingerprint density at radius 1 is 1.30 bits per heavy atom. The molecule has 0 bridgehead atoms. The summed E-state index contributed by atoms with van der Waals surface area (Å²) < 4.78 is 5.21. The van der Waals surface area contributed by atoms with Crippen LogP contribution >= 0.6 is 0 Å². The summed E-state index contributed by atoms with van der Waals surface area (Å²) in [4.78, 5) is 26.2. The normalized spacial score (nSPS) is 16.8. The van der Waals surface area contributed by atoms with E-state index >= 15 is 0 Å². The molecule has 2 atom stereocenters. The summed E-state index contributed by atoms with van der Waals surface area (Å²) in [5.74, 6) is 2.17. The molecule has 1 heterocycles. The lowest BCUT2D eigenvalue weighted by atomic mass is 10.0. The van der Waals surface area contributed by atoms with Crippen LogP contribution in [0.15, 0.2) is 0 Å². The second-order valence-electron chi connectivity index (χ2n) is 5.83. The Balaban J connectivity index is 2.67. The summed E-state index contributed by atoms with van der Waals surface area (Å²) in [7, 11) is 0. The fourth-order valence-electron chi connectivity index (χ4n) is 2.23. The van der Waals surface area contributed by atoms with Crippen molar-refractivity contribution in [3.8, 4) is 18.4 Å². The molecule has 126 valence electrons. The largest absolute Gasteiger partial charge is 0.378 e. The van der Waals surface area contributed by atoms with Crippen LogP contribution in [-0.4, -0.2) is 55.2 Å². The van der Waals surface area contributed by atoms with Gasteiger partial charge in [-0.1, -0.05) is 13.8 Å². The lowest BCUT2D eigenvalue weighted by molar-refractivity contribution is -0.123. The van der Waals surface area contributed by atoms with Crippen LogP contribution in [0.4, 0.5) is 4.79 Å². The molecule has 1 fully saturated rings. The molecule has 0 spiro atoms. The van der Waals surface area contributed by atoms with E-state index in [4.69, 9.17) is 16.4 Å². The highest BCUT2D eigenvalue weighted by Crippen LogP contribution is 2.07. The molecule has 23 heavy (non-hydrogen) atoms. The molecule has 1 aliphatic heterocycles. The number of nitriles is 1. The number of ether oxygens (including phenoxy) is 1. The Hall–Kier alpha value is -2.25. The lowest BCUT2D eigenvalue weighted by Crippen LogP contribution is -2.54. The van der Waals surface area contributed by atoms with Gasteiger partial charge in [0, 0.05) is 19.5 Å². The van der Waals surface area contributed by atoms with E-state index in [1.807, 2.05) is 19.9 Å². The number of nitrogens with one attached hydrogen (secondary N) is 2. The van der Waals surface area contributed by atoms with E-state index in [0.717, 1.165) is 0 Å². The van der Waals surface area contributed by atoms with E-state index in [1.54, 1.807) is 4.90 Å². The van der Waals surface area contributed by atoms with Crippen LogP contribution in [0.3, 0.4) is 0 Å². The van der Waals surface area contributed by atoms with Crippen LogP contribution in [-0.2, 0) is 9.53 Å². The third-order valence-corrected chi connectivity index (χ3v) is 3.41. The van der Waals surface area contributed by atoms with Gasteiger partial charge in [0.25, 0.3) is 0 Å². The highest BCUT2D eigenvalue weighted by molar-refractivity contribution is 5.87. The average molecular weight is 320 g/mol. The van der Waals surface area contributed by atoms with Gasteiger partial charge >= 0.3 is 6.03 Å². The number of carbonyl (C=O) groups is 2. The topological polar surface area (TPSA) is 94.5 Å². The molecule has 1 saturated heterocycles. The van der Waals surface area contributed by atoms with Gasteiger partial charge in [0.2, 0.25) is 5.91 Å². The van der Waals surface area contributed by atoms with Crippen LogP contribution in [0.2, 0.25) is 0 Å². The zero-order valence-corrected chi connectivity index (χ0v) is 13.7. The van der Waals surface area contributed by atoms with Crippen molar-refractivity contribution in [2.75, 3.05) is 26.3 Å². The van der Waals surface area contributed by atoms with Crippen molar-refractivity contribution in [3.63, 3.8) is 0 Å². The molecular weight excluding hydrogens is 296 g/mol. The SMILES string of the molecule is C#CC[C@@H](C#N)NC(=O)[C@H](CC(C)C)NC(=O)N1CCOCC1. The van der Waals surface area contributed by atoms with Crippen molar-refractivity contribution in [1.82, 2.24) is 15.5 Å². The van der Waals surface area contributed by atoms with Gasteiger partial charge < -0.3 is 20.3 Å². The van der Waals surface area contributed by atoms with Crippen LogP contribution in [0.5, 0.6) is 0 Å². The van der Waals surface area contributed by atoms with Gasteiger partial charge in [-0.2, -0.15) is 5.26 Å². The highest BCUT2D eigenvalue weighted by atomic mass is 16.5. The molecule has 0 aromatic carbocycles. The second-order valence-corrected chi connectivity index (χ2v) is 5.83. The standard InChI is InChI=1S/C16H24N4O3/c1-4-5-13(11-17)18-15(21)14(10-12(2)3)19-16(22)20-6-8-23-9-7-20/h1,12-14H,5-10H2,2-3H3,(H,18,21)(H,19,22)/t13-,14-/m0/s1. The molecule has 0 aliphatic carbocycles. The summed E-state index contributed by atoms with van der Waals surface area (Å²) in [6.45, 7) is 5.91. The van der Waals surface area contributed by atoms with E-state index in [-0.39, 0.29) is 24.3 Å². The number of hydrogen-bond donors (Lipinski definition) is 2. The van der Waals surface area contributed by atoms with Crippen molar-refractivity contribution in [2.45, 2.75) is 38.8 Å². The Bertz CT molecular complexity index is 487. The Morgan fingerprint density at radius 3 is 2.48 bits per heavy atom. The first-order valence-electron chi connectivity index (χ1n) is 7.74. The summed E-state index contributed by atoms with van der Waals surface area (Å²) in [6, 6.07) is 0.209. The summed E-state index contributed by atoms with van der Waals surface area (Å²) >= 11 is 0. The minimum absolute atomic E-state index is 0.133. The third kappa shape index (κ3) is 6.58. The Kier molecular flexibility index (Phi) is 7.93. The Labute approximate surface area is 137 Å². The summed E-state index contributed by atoms with van der Waals surface area (Å²) in [5.41, 5.74) is 0. The van der Waals surface area contributed by atoms with Gasteiger partial charge in [0.1, 0.15) is 12.1 Å². The average Bonchev–Trinajstić information content (AvgIpc) is 2.54. The van der Waals surface area contributed by atoms with Crippen molar-refractivity contribution < 1.29 is 14.3 Å². The molecule has 7 nitrogen and oxygen atoms in total. The predicted molar refractivity (Wildman–Crippen MR) is 85.2 cm³/mol. The zero-order valence-electron chi connectivity index (χ0n) is 13.7. The quantitative estimate of drug-likeness (QED) is 0.696. The molecule has 0 unspecified atom stereocenters. The van der Waals surface area contributed by atoms with Crippen molar-refractivity contribution in [1.29, 1.82) is 5.26 Å². The second kappa shape index (κ2) is 9.70. The molecule has 3 amide bonds. The van der Waals surface area contributed by atoms with E-state index in [0.29, 0.717) is 32.7 Å². The number of carbonyl (C=O) groups excluding carboxylic acids is 2. The van der Waals surface area contributed by atoms with E-state index in [1.165, 1.54) is 0 Å². The van der Waals surface area contributed by atoms with Gasteiger partial charge in [0.05, 0.1) is 19.3 Å². The summed E-state index contributed by atoms with van der Waals surface area (Å²) in [5, 5.41) is 14.3. The number of hydrogen-bond acceptors (Lipinski definition) is 4. The van der Waals surface area contributed by atoms with E-state index in [2.05, 4.69) is 16.6 Å². The van der Waals surface area contributed by atoms with Gasteiger partial charge in [0.15, 0.2) is 0 Å². The van der Waals surface area contributed by atoms with Crippen molar-refractivity contribution in [2.24, 2.45) is 5.92 Å². The first-order chi connectivity index (χ1) is 11.0. The maximum atomic E-state index is 12.4. The zero-order chi connectivity index (χ0) is 17.2. The number of morpholine rings is 1. The molecule has 0 saturated carbocycles. The third-order valence-electron chi connectivity index (χ3n) is 3.41. The minimum atomic E-state index is -0.748. The molecule has 2 N–H and O–H groups in total. The molecule has 0 aromatic heterocycles. The van der Waals surface area contributed by atoms with Crippen LogP contribution in [0.25, 0.3) is 0 Å². The maximum Gasteiger partial charge on any atom is 0.318 e. The molecule has 0 aromatic rings. The van der Waals surface area contributed by atoms with Gasteiger partial charge in [-0.3, -0.25) is 4.79 Å². The Morgan fingerprint density at radius 2 is 1.96 bits per heavy atom. The first-order valence-corrected chi connectivity index (χ1v) is 7.74. The van der Waals surface area contributed by atoms with E-state index in [9.17, 15) is 9.59 Å². The first kappa shape index (κ1) is 18.8. The minimum Gasteiger partial charge on any atom is -0.378 e. The molecule has 1 rings (SSSR count). The smallest absolute Gasteiger partial charge is 0.318 e. The lowest BCUT2D eigenvalue weighted by Gasteiger charge is -2.29. The van der Waals surface area contributed by atoms with Crippen LogP contribution in [0, 0.1) is 29.6 Å². The monoisotopic (exact) mass is 320 g/mol. The highest BCUT2D eigenvalue weighted by Gasteiger charge is 2.26. The molecular formula is C16H24N4O3. The van der Waals surface area contributed by atoms with Crippen LogP contribution < -0.4 is 10.6 Å². The van der Waals surface area contributed by atoms with Crippen LogP contribution in [0.1, 0.15) is 26.7 Å². The predicted octanol–water partition coefficient (Wildman–Crippen LogP) is 0.475. The maximum absolute atomic E-state index is 12.4.